The van der Waals surface area contributed by atoms with E-state index in [1.807, 2.05) is 6.20 Å². The first-order valence-corrected chi connectivity index (χ1v) is 6.05. The summed E-state index contributed by atoms with van der Waals surface area (Å²) in [7, 11) is 2.16. The lowest BCUT2D eigenvalue weighted by Gasteiger charge is -2.30. The number of anilines is 1. The smallest absolute Gasteiger partial charge is 0.180 e. The molecule has 4 nitrogen and oxygen atoms in total. The Bertz CT molecular complexity index is 309. The van der Waals surface area contributed by atoms with E-state index in [0.717, 1.165) is 32.6 Å². The number of rotatable bonds is 3. The molecular weight excluding hydrogens is 210 g/mol. The molecule has 0 aliphatic carbocycles. The Labute approximate surface area is 94.1 Å². The molecule has 2 rings (SSSR count). The normalized spacial score (nSPS) is 18.5. The molecule has 0 bridgehead atoms. The summed E-state index contributed by atoms with van der Waals surface area (Å²) in [6.07, 6.45) is 4.13. The number of aromatic nitrogens is 1. The van der Waals surface area contributed by atoms with Crippen LogP contribution in [0.1, 0.15) is 17.7 Å². The number of hydrogen-bond donors (Lipinski definition) is 1. The molecular formula is C10H17N3OS. The molecule has 2 N–H and O–H groups in total. The van der Waals surface area contributed by atoms with Gasteiger partial charge in [0.1, 0.15) is 0 Å². The minimum absolute atomic E-state index is 0.641. The summed E-state index contributed by atoms with van der Waals surface area (Å²) in [6.45, 7) is 2.72. The van der Waals surface area contributed by atoms with Crippen molar-refractivity contribution in [3.63, 3.8) is 0 Å². The summed E-state index contributed by atoms with van der Waals surface area (Å²) in [5, 5.41) is 0.658. The predicted molar refractivity (Wildman–Crippen MR) is 61.8 cm³/mol. The number of thiazole rings is 1. The molecule has 84 valence electrons. The third kappa shape index (κ3) is 2.90. The Morgan fingerprint density at radius 2 is 2.33 bits per heavy atom. The average molecular weight is 227 g/mol. The zero-order valence-corrected chi connectivity index (χ0v) is 9.80. The molecule has 1 aromatic rings. The highest BCUT2D eigenvalue weighted by molar-refractivity contribution is 7.15. The maximum atomic E-state index is 5.60. The maximum absolute atomic E-state index is 5.60. The van der Waals surface area contributed by atoms with Crippen LogP contribution in [0.15, 0.2) is 6.20 Å². The summed E-state index contributed by atoms with van der Waals surface area (Å²) in [5.74, 6) is 0. The topological polar surface area (TPSA) is 51.4 Å². The Morgan fingerprint density at radius 1 is 1.60 bits per heavy atom. The van der Waals surface area contributed by atoms with Gasteiger partial charge in [0.2, 0.25) is 0 Å². The van der Waals surface area contributed by atoms with Gasteiger partial charge < -0.3 is 10.5 Å². The summed E-state index contributed by atoms with van der Waals surface area (Å²) in [6, 6.07) is 0.641. The van der Waals surface area contributed by atoms with Crippen molar-refractivity contribution in [2.75, 3.05) is 26.0 Å². The summed E-state index contributed by atoms with van der Waals surface area (Å²) >= 11 is 1.57. The molecule has 0 spiro atoms. The van der Waals surface area contributed by atoms with Crippen LogP contribution in [-0.2, 0) is 11.3 Å². The van der Waals surface area contributed by atoms with Gasteiger partial charge in [-0.2, -0.15) is 0 Å². The van der Waals surface area contributed by atoms with Gasteiger partial charge >= 0.3 is 0 Å². The lowest BCUT2D eigenvalue weighted by molar-refractivity contribution is 0.0410. The van der Waals surface area contributed by atoms with E-state index in [1.54, 1.807) is 11.3 Å². The molecule has 0 radical (unpaired) electrons. The molecule has 1 aliphatic rings. The predicted octanol–water partition coefficient (Wildman–Crippen LogP) is 1.34. The number of nitrogen functional groups attached to an aromatic ring is 1. The maximum Gasteiger partial charge on any atom is 0.180 e. The Kier molecular flexibility index (Phi) is 3.56. The summed E-state index contributed by atoms with van der Waals surface area (Å²) in [5.41, 5.74) is 5.60. The minimum atomic E-state index is 0.641. The fourth-order valence-corrected chi connectivity index (χ4v) is 2.64. The highest BCUT2D eigenvalue weighted by Gasteiger charge is 2.18. The largest absolute Gasteiger partial charge is 0.381 e. The van der Waals surface area contributed by atoms with Crippen molar-refractivity contribution < 1.29 is 4.74 Å². The van der Waals surface area contributed by atoms with Crippen LogP contribution in [0.25, 0.3) is 0 Å². The number of hydrogen-bond acceptors (Lipinski definition) is 5. The van der Waals surface area contributed by atoms with Gasteiger partial charge in [-0.1, -0.05) is 0 Å². The molecule has 1 aromatic heterocycles. The third-order valence-electron chi connectivity index (χ3n) is 2.79. The fourth-order valence-electron chi connectivity index (χ4n) is 1.90. The van der Waals surface area contributed by atoms with E-state index >= 15 is 0 Å². The second-order valence-electron chi connectivity index (χ2n) is 3.92. The number of nitrogens with zero attached hydrogens (tertiary/aromatic N) is 2. The van der Waals surface area contributed by atoms with Gasteiger partial charge in [0.25, 0.3) is 0 Å². The van der Waals surface area contributed by atoms with Gasteiger partial charge in [0.05, 0.1) is 0 Å². The van der Waals surface area contributed by atoms with Crippen molar-refractivity contribution in [1.82, 2.24) is 9.88 Å². The Morgan fingerprint density at radius 3 is 2.93 bits per heavy atom. The highest BCUT2D eigenvalue weighted by Crippen LogP contribution is 2.20. The van der Waals surface area contributed by atoms with Gasteiger partial charge in [-0.05, 0) is 19.9 Å². The van der Waals surface area contributed by atoms with Crippen molar-refractivity contribution in [1.29, 1.82) is 0 Å². The van der Waals surface area contributed by atoms with E-state index in [1.165, 1.54) is 4.88 Å². The van der Waals surface area contributed by atoms with Crippen LogP contribution < -0.4 is 5.73 Å². The van der Waals surface area contributed by atoms with Gasteiger partial charge in [0.15, 0.2) is 5.13 Å². The van der Waals surface area contributed by atoms with Crippen molar-refractivity contribution in [3.8, 4) is 0 Å². The molecule has 1 aliphatic heterocycles. The molecule has 1 saturated heterocycles. The quantitative estimate of drug-likeness (QED) is 0.846. The number of nitrogens with two attached hydrogens (primary N) is 1. The highest BCUT2D eigenvalue weighted by atomic mass is 32.1. The molecule has 0 aromatic carbocycles. The fraction of sp³-hybridized carbons (Fsp3) is 0.700. The zero-order valence-electron chi connectivity index (χ0n) is 8.98. The van der Waals surface area contributed by atoms with Crippen LogP contribution in [0, 0.1) is 0 Å². The molecule has 15 heavy (non-hydrogen) atoms. The lowest BCUT2D eigenvalue weighted by atomic mass is 10.1. The van der Waals surface area contributed by atoms with E-state index in [0.29, 0.717) is 11.2 Å². The molecule has 0 amide bonds. The van der Waals surface area contributed by atoms with E-state index in [9.17, 15) is 0 Å². The lowest BCUT2D eigenvalue weighted by Crippen LogP contribution is -2.35. The van der Waals surface area contributed by atoms with E-state index in [-0.39, 0.29) is 0 Å². The van der Waals surface area contributed by atoms with Crippen LogP contribution in [0.2, 0.25) is 0 Å². The van der Waals surface area contributed by atoms with E-state index < -0.39 is 0 Å². The van der Waals surface area contributed by atoms with Crippen LogP contribution in [0.3, 0.4) is 0 Å². The SMILES string of the molecule is CN(Cc1cnc(N)s1)C1CCOCC1. The van der Waals surface area contributed by atoms with Gasteiger partial charge in [-0.15, -0.1) is 11.3 Å². The van der Waals surface area contributed by atoms with Crippen LogP contribution >= 0.6 is 11.3 Å². The monoisotopic (exact) mass is 227 g/mol. The van der Waals surface area contributed by atoms with Crippen molar-refractivity contribution >= 4 is 16.5 Å². The molecule has 0 atom stereocenters. The molecule has 5 heteroatoms. The second kappa shape index (κ2) is 4.92. The zero-order chi connectivity index (χ0) is 10.7. The first-order chi connectivity index (χ1) is 7.25. The molecule has 0 saturated carbocycles. The summed E-state index contributed by atoms with van der Waals surface area (Å²) in [4.78, 5) is 7.67. The van der Waals surface area contributed by atoms with Gasteiger partial charge in [-0.3, -0.25) is 4.90 Å². The number of ether oxygens (including phenoxy) is 1. The Balaban J connectivity index is 1.88. The van der Waals surface area contributed by atoms with Crippen LogP contribution in [-0.4, -0.2) is 36.2 Å². The molecule has 0 unspecified atom stereocenters. The van der Waals surface area contributed by atoms with Crippen LogP contribution in [0.5, 0.6) is 0 Å². The second-order valence-corrected chi connectivity index (χ2v) is 5.07. The first kappa shape index (κ1) is 10.9. The van der Waals surface area contributed by atoms with E-state index in [2.05, 4.69) is 16.9 Å². The molecule has 2 heterocycles. The Hall–Kier alpha value is -0.650. The van der Waals surface area contributed by atoms with Crippen molar-refractivity contribution in [3.05, 3.63) is 11.1 Å². The van der Waals surface area contributed by atoms with Crippen LogP contribution in [0.4, 0.5) is 5.13 Å². The third-order valence-corrected chi connectivity index (χ3v) is 3.60. The van der Waals surface area contributed by atoms with Crippen molar-refractivity contribution in [2.24, 2.45) is 0 Å². The van der Waals surface area contributed by atoms with E-state index in [4.69, 9.17) is 10.5 Å². The standard InChI is InChI=1S/C10H17N3OS/c1-13(8-2-4-14-5-3-8)7-9-6-12-10(11)15-9/h6,8H,2-5,7H2,1H3,(H2,11,12). The van der Waals surface area contributed by atoms with Gasteiger partial charge in [0, 0.05) is 36.9 Å². The van der Waals surface area contributed by atoms with Crippen molar-refractivity contribution in [2.45, 2.75) is 25.4 Å². The summed E-state index contributed by atoms with van der Waals surface area (Å²) < 4.78 is 5.35. The first-order valence-electron chi connectivity index (χ1n) is 5.24. The minimum Gasteiger partial charge on any atom is -0.381 e. The average Bonchev–Trinajstić information content (AvgIpc) is 2.65. The molecule has 1 fully saturated rings. The van der Waals surface area contributed by atoms with Gasteiger partial charge in [-0.25, -0.2) is 4.98 Å².